The van der Waals surface area contributed by atoms with Gasteiger partial charge in [-0.25, -0.2) is 0 Å². The lowest BCUT2D eigenvalue weighted by Crippen LogP contribution is -2.59. The van der Waals surface area contributed by atoms with Crippen LogP contribution in [0.3, 0.4) is 0 Å². The SMILES string of the molecule is CC(C)C1CCN(C(C)C)CC1.CC(C)N1CC2CCC(C1)N2C(C)C.CC(C)N1CCN(C(C)C)CC1.CN1CC2CCC1CN2C. The summed E-state index contributed by atoms with van der Waals surface area (Å²) in [5.41, 5.74) is 0. The summed E-state index contributed by atoms with van der Waals surface area (Å²) >= 11 is 0. The van der Waals surface area contributed by atoms with E-state index in [1.807, 2.05) is 0 Å². The summed E-state index contributed by atoms with van der Waals surface area (Å²) in [5.74, 6) is 1.87. The highest BCUT2D eigenvalue weighted by molar-refractivity contribution is 4.98. The molecule has 0 N–H and O–H groups in total. The van der Waals surface area contributed by atoms with Gasteiger partial charge in [0.15, 0.2) is 0 Å². The molecule has 4 unspecified atom stereocenters. The Labute approximate surface area is 301 Å². The topological polar surface area (TPSA) is 22.7 Å². The molecule has 7 nitrogen and oxygen atoms in total. The third kappa shape index (κ3) is 12.4. The summed E-state index contributed by atoms with van der Waals surface area (Å²) in [7, 11) is 4.51. The van der Waals surface area contributed by atoms with Gasteiger partial charge in [-0.2, -0.15) is 0 Å². The van der Waals surface area contributed by atoms with Crippen LogP contribution in [0, 0.1) is 11.8 Å². The van der Waals surface area contributed by atoms with E-state index in [9.17, 15) is 0 Å². The predicted molar refractivity (Wildman–Crippen MR) is 210 cm³/mol. The maximum absolute atomic E-state index is 2.75. The first kappa shape index (κ1) is 42.1. The molecule has 4 bridgehead atoms. The molecule has 0 aromatic rings. The van der Waals surface area contributed by atoms with E-state index in [4.69, 9.17) is 0 Å². The molecular weight excluding hydrogens is 591 g/mol. The summed E-state index contributed by atoms with van der Waals surface area (Å²) < 4.78 is 0. The van der Waals surface area contributed by atoms with Crippen LogP contribution >= 0.6 is 0 Å². The summed E-state index contributed by atoms with van der Waals surface area (Å²) in [6.07, 6.45) is 8.51. The summed E-state index contributed by atoms with van der Waals surface area (Å²) in [6, 6.07) is 7.06. The van der Waals surface area contributed by atoms with Crippen LogP contribution in [0.2, 0.25) is 0 Å². The number of likely N-dealkylation sites (N-methyl/N-ethyl adjacent to an activating group) is 2. The average Bonchev–Trinajstić information content (AvgIpc) is 3.32. The Kier molecular flexibility index (Phi) is 17.6. The third-order valence-corrected chi connectivity index (χ3v) is 13.0. The van der Waals surface area contributed by atoms with Gasteiger partial charge in [-0.3, -0.25) is 19.6 Å². The maximum Gasteiger partial charge on any atom is 0.0230 e. The Morgan fingerprint density at radius 1 is 0.354 bits per heavy atom. The van der Waals surface area contributed by atoms with Crippen LogP contribution in [0.15, 0.2) is 0 Å². The van der Waals surface area contributed by atoms with Gasteiger partial charge in [-0.15, -0.1) is 0 Å². The second-order valence-corrected chi connectivity index (χ2v) is 18.2. The molecule has 7 fully saturated rings. The lowest BCUT2D eigenvalue weighted by atomic mass is 9.86. The van der Waals surface area contributed by atoms with Gasteiger partial charge in [0, 0.05) is 107 Å². The Bertz CT molecular complexity index is 765. The molecule has 0 amide bonds. The minimum Gasteiger partial charge on any atom is -0.301 e. The number of hydrogen-bond donors (Lipinski definition) is 0. The van der Waals surface area contributed by atoms with Crippen molar-refractivity contribution < 1.29 is 0 Å². The second-order valence-electron chi connectivity index (χ2n) is 18.2. The van der Waals surface area contributed by atoms with E-state index in [2.05, 4.69) is 131 Å². The van der Waals surface area contributed by atoms with Crippen molar-refractivity contribution in [3.05, 3.63) is 0 Å². The van der Waals surface area contributed by atoms with E-state index < -0.39 is 0 Å². The molecule has 7 heterocycles. The number of hydrogen-bond acceptors (Lipinski definition) is 7. The maximum atomic E-state index is 2.75. The Morgan fingerprint density at radius 3 is 0.958 bits per heavy atom. The minimum atomic E-state index is 0.722. The van der Waals surface area contributed by atoms with Gasteiger partial charge in [0.1, 0.15) is 0 Å². The van der Waals surface area contributed by atoms with Gasteiger partial charge in [0.05, 0.1) is 0 Å². The van der Waals surface area contributed by atoms with Crippen molar-refractivity contribution >= 4 is 0 Å². The van der Waals surface area contributed by atoms with Crippen molar-refractivity contribution in [1.82, 2.24) is 34.3 Å². The largest absolute Gasteiger partial charge is 0.301 e. The van der Waals surface area contributed by atoms with Crippen LogP contribution in [0.5, 0.6) is 0 Å². The third-order valence-electron chi connectivity index (χ3n) is 13.0. The van der Waals surface area contributed by atoms with E-state index in [0.29, 0.717) is 0 Å². The van der Waals surface area contributed by atoms with Crippen LogP contribution in [0.1, 0.15) is 122 Å². The number of piperidine rings is 3. The lowest BCUT2D eigenvalue weighted by molar-refractivity contribution is 0.00971. The zero-order valence-corrected chi connectivity index (χ0v) is 34.8. The van der Waals surface area contributed by atoms with Crippen LogP contribution < -0.4 is 0 Å². The zero-order valence-electron chi connectivity index (χ0n) is 34.8. The molecule has 7 saturated heterocycles. The molecule has 4 atom stereocenters. The predicted octanol–water partition coefficient (Wildman–Crippen LogP) is 6.53. The monoisotopic (exact) mass is 676 g/mol. The molecule has 7 rings (SSSR count). The highest BCUT2D eigenvalue weighted by Crippen LogP contribution is 2.32. The van der Waals surface area contributed by atoms with E-state index in [1.165, 1.54) is 104 Å². The van der Waals surface area contributed by atoms with Gasteiger partial charge in [-0.1, -0.05) is 13.8 Å². The minimum absolute atomic E-state index is 0.722. The van der Waals surface area contributed by atoms with Crippen molar-refractivity contribution in [1.29, 1.82) is 0 Å². The molecule has 0 radical (unpaired) electrons. The lowest BCUT2D eigenvalue weighted by Gasteiger charge is -2.48. The van der Waals surface area contributed by atoms with Gasteiger partial charge in [-0.05, 0) is 147 Å². The highest BCUT2D eigenvalue weighted by Gasteiger charge is 2.41. The normalized spacial score (nSPS) is 30.2. The molecule has 0 spiro atoms. The van der Waals surface area contributed by atoms with E-state index in [-0.39, 0.29) is 0 Å². The van der Waals surface area contributed by atoms with Gasteiger partial charge < -0.3 is 14.7 Å². The van der Waals surface area contributed by atoms with Crippen molar-refractivity contribution in [2.75, 3.05) is 79.5 Å². The molecule has 7 aliphatic rings. The van der Waals surface area contributed by atoms with Crippen molar-refractivity contribution in [3.8, 4) is 0 Å². The first-order chi connectivity index (χ1) is 22.6. The summed E-state index contributed by atoms with van der Waals surface area (Å²) in [4.78, 5) is 18.1. The zero-order chi connectivity index (χ0) is 35.7. The highest BCUT2D eigenvalue weighted by atomic mass is 15.3. The van der Waals surface area contributed by atoms with Gasteiger partial charge in [0.2, 0.25) is 0 Å². The first-order valence-electron chi connectivity index (χ1n) is 20.7. The molecule has 284 valence electrons. The fourth-order valence-corrected chi connectivity index (χ4v) is 9.36. The Morgan fingerprint density at radius 2 is 0.688 bits per heavy atom. The van der Waals surface area contributed by atoms with E-state index in [0.717, 1.165) is 66.2 Å². The quantitative estimate of drug-likeness (QED) is 0.316. The van der Waals surface area contributed by atoms with Crippen LogP contribution in [0.4, 0.5) is 0 Å². The number of likely N-dealkylation sites (tertiary alicyclic amines) is 2. The summed E-state index contributed by atoms with van der Waals surface area (Å²) in [5, 5.41) is 0. The van der Waals surface area contributed by atoms with E-state index >= 15 is 0 Å². The molecular formula is C41H85N7. The molecule has 7 aliphatic heterocycles. The smallest absolute Gasteiger partial charge is 0.0230 e. The van der Waals surface area contributed by atoms with Crippen molar-refractivity contribution in [2.24, 2.45) is 11.8 Å². The molecule has 48 heavy (non-hydrogen) atoms. The molecule has 0 aliphatic carbocycles. The number of rotatable bonds is 6. The van der Waals surface area contributed by atoms with Gasteiger partial charge in [0.25, 0.3) is 0 Å². The summed E-state index contributed by atoms with van der Waals surface area (Å²) in [6.45, 7) is 40.6. The standard InChI is InChI=1S/C12H24N2.C11H23N.C10H22N2.C8H16N2/c1-9(2)13-7-11-5-6-12(8-13)14(11)10(3)4;2*1-9(2)11-5-7-12(8-6-11)10(3)4;1-9-5-8-4-3-7(9)6-10(8)2/h9-12H,5-8H2,1-4H3;9-11H,5-8H2,1-4H3;9-10H,5-8H2,1-4H3;7-8H,3-6H2,1-2H3. The molecule has 0 aromatic carbocycles. The number of piperazine rings is 3. The van der Waals surface area contributed by atoms with Crippen LogP contribution in [-0.4, -0.2) is 168 Å². The Hall–Kier alpha value is -0.280. The van der Waals surface area contributed by atoms with Crippen LogP contribution in [-0.2, 0) is 0 Å². The second kappa shape index (κ2) is 20.1. The van der Waals surface area contributed by atoms with Crippen molar-refractivity contribution in [3.63, 3.8) is 0 Å². The fourth-order valence-electron chi connectivity index (χ4n) is 9.36. The van der Waals surface area contributed by atoms with E-state index in [1.54, 1.807) is 0 Å². The first-order valence-corrected chi connectivity index (χ1v) is 20.7. The number of fused-ring (bicyclic) bond motifs is 5. The fraction of sp³-hybridized carbons (Fsp3) is 1.00. The van der Waals surface area contributed by atoms with Crippen LogP contribution in [0.25, 0.3) is 0 Å². The Balaban J connectivity index is 0.000000175. The molecule has 7 heteroatoms. The molecule has 0 aromatic heterocycles. The molecule has 0 saturated carbocycles. The number of nitrogens with zero attached hydrogens (tertiary/aromatic N) is 7. The average molecular weight is 676 g/mol. The van der Waals surface area contributed by atoms with Crippen molar-refractivity contribution in [2.45, 2.75) is 176 Å². The van der Waals surface area contributed by atoms with Gasteiger partial charge >= 0.3 is 0 Å².